The summed E-state index contributed by atoms with van der Waals surface area (Å²) in [6.07, 6.45) is 9.11. The molecular formula is C14H11NS3. The van der Waals surface area contributed by atoms with Crippen molar-refractivity contribution in [3.63, 3.8) is 0 Å². The van der Waals surface area contributed by atoms with E-state index in [4.69, 9.17) is 12.2 Å². The molecule has 4 heteroatoms. The molecule has 2 aliphatic rings. The molecule has 0 bridgehead atoms. The van der Waals surface area contributed by atoms with Gasteiger partial charge in [0.25, 0.3) is 0 Å². The Morgan fingerprint density at radius 1 is 1.39 bits per heavy atom. The molecule has 0 fully saturated rings. The van der Waals surface area contributed by atoms with E-state index in [1.54, 1.807) is 23.7 Å². The van der Waals surface area contributed by atoms with Gasteiger partial charge < -0.3 is 0 Å². The predicted molar refractivity (Wildman–Crippen MR) is 85.8 cm³/mol. The Kier molecular flexibility index (Phi) is 3.41. The molecule has 1 aromatic rings. The van der Waals surface area contributed by atoms with E-state index in [0.29, 0.717) is 0 Å². The first-order valence-electron chi connectivity index (χ1n) is 5.63. The maximum absolute atomic E-state index is 5.53. The maximum Gasteiger partial charge on any atom is 0.0520 e. The minimum Gasteiger partial charge on any atom is -0.219 e. The highest BCUT2D eigenvalue weighted by molar-refractivity contribution is 8.01. The van der Waals surface area contributed by atoms with Crippen LogP contribution in [-0.2, 0) is 0 Å². The molecule has 0 amide bonds. The van der Waals surface area contributed by atoms with Gasteiger partial charge in [0, 0.05) is 51.1 Å². The van der Waals surface area contributed by atoms with Crippen molar-refractivity contribution in [2.75, 3.05) is 6.26 Å². The van der Waals surface area contributed by atoms with Crippen molar-refractivity contribution >= 4 is 52.6 Å². The monoisotopic (exact) mass is 289 g/mol. The van der Waals surface area contributed by atoms with E-state index < -0.39 is 0 Å². The standard InChI is InChI=1S/C14H11NS3/c1-17-12-7-3-5-10-13-9(4-2-6-11(13)16)8-15-18-14(10)12/h2-5,7-8H,6H2,1H3. The number of thioether (sulfide) groups is 1. The number of thiocarbonyl (C=S) groups is 1. The molecule has 0 aromatic heterocycles. The van der Waals surface area contributed by atoms with E-state index in [-0.39, 0.29) is 0 Å². The zero-order valence-corrected chi connectivity index (χ0v) is 12.3. The molecule has 0 spiro atoms. The van der Waals surface area contributed by atoms with Gasteiger partial charge in [-0.15, -0.1) is 11.8 Å². The van der Waals surface area contributed by atoms with Crippen LogP contribution in [0, 0.1) is 0 Å². The van der Waals surface area contributed by atoms with E-state index in [9.17, 15) is 0 Å². The van der Waals surface area contributed by atoms with Gasteiger partial charge in [-0.3, -0.25) is 0 Å². The van der Waals surface area contributed by atoms with Gasteiger partial charge in [0.2, 0.25) is 0 Å². The highest BCUT2D eigenvalue weighted by Crippen LogP contribution is 2.41. The molecule has 90 valence electrons. The Bertz CT molecular complexity index is 611. The second-order valence-electron chi connectivity index (χ2n) is 4.02. The van der Waals surface area contributed by atoms with Crippen LogP contribution in [0.25, 0.3) is 5.57 Å². The Morgan fingerprint density at radius 2 is 2.28 bits per heavy atom. The molecule has 1 nitrogen and oxygen atoms in total. The van der Waals surface area contributed by atoms with Gasteiger partial charge in [-0.2, -0.15) is 0 Å². The molecule has 0 unspecified atom stereocenters. The van der Waals surface area contributed by atoms with Crippen molar-refractivity contribution < 1.29 is 0 Å². The van der Waals surface area contributed by atoms with Gasteiger partial charge in [0.05, 0.1) is 4.90 Å². The molecular weight excluding hydrogens is 278 g/mol. The fourth-order valence-corrected chi connectivity index (χ4v) is 4.05. The summed E-state index contributed by atoms with van der Waals surface area (Å²) in [4.78, 5) is 3.51. The fraction of sp³-hybridized carbons (Fsp3) is 0.143. The van der Waals surface area contributed by atoms with Gasteiger partial charge in [0.15, 0.2) is 0 Å². The van der Waals surface area contributed by atoms with Crippen molar-refractivity contribution in [3.8, 4) is 0 Å². The summed E-state index contributed by atoms with van der Waals surface area (Å²) in [6, 6.07) is 6.39. The zero-order valence-electron chi connectivity index (χ0n) is 9.84. The highest BCUT2D eigenvalue weighted by Gasteiger charge is 2.21. The summed E-state index contributed by atoms with van der Waals surface area (Å²) in [5.74, 6) is 0. The SMILES string of the molecule is CSc1cccc2c1SN=CC1=C2C(=S)CC=C1. The summed E-state index contributed by atoms with van der Waals surface area (Å²) in [7, 11) is 0. The average Bonchev–Trinajstić information content (AvgIpc) is 2.58. The molecule has 0 saturated heterocycles. The van der Waals surface area contributed by atoms with Crippen molar-refractivity contribution in [1.82, 2.24) is 0 Å². The lowest BCUT2D eigenvalue weighted by atomic mass is 9.92. The minimum absolute atomic E-state index is 0.857. The maximum atomic E-state index is 5.53. The van der Waals surface area contributed by atoms with Crippen LogP contribution in [0.15, 0.2) is 50.1 Å². The van der Waals surface area contributed by atoms with Gasteiger partial charge in [-0.1, -0.05) is 36.5 Å². The van der Waals surface area contributed by atoms with Crippen molar-refractivity contribution in [1.29, 1.82) is 0 Å². The number of allylic oxidation sites excluding steroid dienone is 4. The van der Waals surface area contributed by atoms with E-state index >= 15 is 0 Å². The zero-order chi connectivity index (χ0) is 12.5. The number of rotatable bonds is 1. The van der Waals surface area contributed by atoms with Gasteiger partial charge in [0.1, 0.15) is 0 Å². The number of benzene rings is 1. The number of hydrogen-bond acceptors (Lipinski definition) is 4. The van der Waals surface area contributed by atoms with Crippen LogP contribution < -0.4 is 0 Å². The second-order valence-corrected chi connectivity index (χ2v) is 6.17. The summed E-state index contributed by atoms with van der Waals surface area (Å²) in [5, 5.41) is 0. The average molecular weight is 289 g/mol. The lowest BCUT2D eigenvalue weighted by Crippen LogP contribution is -2.06. The second kappa shape index (κ2) is 5.03. The van der Waals surface area contributed by atoms with Crippen LogP contribution >= 0.6 is 35.9 Å². The van der Waals surface area contributed by atoms with E-state index in [1.807, 2.05) is 6.21 Å². The summed E-state index contributed by atoms with van der Waals surface area (Å²) in [5.41, 5.74) is 3.55. The summed E-state index contributed by atoms with van der Waals surface area (Å²) in [6.45, 7) is 0. The molecule has 3 rings (SSSR count). The lowest BCUT2D eigenvalue weighted by Gasteiger charge is -2.16. The van der Waals surface area contributed by atoms with Crippen LogP contribution in [0.2, 0.25) is 0 Å². The molecule has 1 heterocycles. The third-order valence-electron chi connectivity index (χ3n) is 2.97. The Hall–Kier alpha value is -0.840. The normalized spacial score (nSPS) is 17.5. The van der Waals surface area contributed by atoms with E-state index in [1.165, 1.54) is 20.9 Å². The third kappa shape index (κ3) is 1.98. The Labute approximate surface area is 121 Å². The van der Waals surface area contributed by atoms with Crippen molar-refractivity contribution in [3.05, 3.63) is 41.5 Å². The first-order chi connectivity index (χ1) is 8.81. The fourth-order valence-electron chi connectivity index (χ4n) is 2.16. The number of nitrogens with zero attached hydrogens (tertiary/aromatic N) is 1. The van der Waals surface area contributed by atoms with Crippen LogP contribution in [-0.4, -0.2) is 17.3 Å². The van der Waals surface area contributed by atoms with Gasteiger partial charge in [-0.05, 0) is 12.3 Å². The number of hydrogen-bond donors (Lipinski definition) is 0. The van der Waals surface area contributed by atoms with Crippen LogP contribution in [0.3, 0.4) is 0 Å². The van der Waals surface area contributed by atoms with E-state index in [2.05, 4.69) is 41.0 Å². The topological polar surface area (TPSA) is 12.4 Å². The highest BCUT2D eigenvalue weighted by atomic mass is 32.2. The van der Waals surface area contributed by atoms with Crippen LogP contribution in [0.4, 0.5) is 0 Å². The first-order valence-corrected chi connectivity index (χ1v) is 8.03. The molecule has 0 saturated carbocycles. The lowest BCUT2D eigenvalue weighted by molar-refractivity contribution is 1.23. The van der Waals surface area contributed by atoms with Crippen molar-refractivity contribution in [2.24, 2.45) is 4.40 Å². The Morgan fingerprint density at radius 3 is 3.11 bits per heavy atom. The first kappa shape index (κ1) is 12.2. The smallest absolute Gasteiger partial charge is 0.0520 e. The third-order valence-corrected chi connectivity index (χ3v) is 5.09. The summed E-state index contributed by atoms with van der Waals surface area (Å²) >= 11 is 8.83. The van der Waals surface area contributed by atoms with Crippen molar-refractivity contribution in [2.45, 2.75) is 16.2 Å². The molecule has 1 aliphatic carbocycles. The molecule has 0 N–H and O–H groups in total. The quantitative estimate of drug-likeness (QED) is 0.426. The van der Waals surface area contributed by atoms with Gasteiger partial charge in [-0.25, -0.2) is 4.40 Å². The number of fused-ring (bicyclic) bond motifs is 2. The molecule has 1 aromatic carbocycles. The Balaban J connectivity index is 2.28. The van der Waals surface area contributed by atoms with Crippen LogP contribution in [0.1, 0.15) is 12.0 Å². The van der Waals surface area contributed by atoms with E-state index in [0.717, 1.165) is 16.9 Å². The minimum atomic E-state index is 0.857. The summed E-state index contributed by atoms with van der Waals surface area (Å²) < 4.78 is 4.45. The molecule has 1 aliphatic heterocycles. The molecule has 0 atom stereocenters. The molecule has 18 heavy (non-hydrogen) atoms. The predicted octanol–water partition coefficient (Wildman–Crippen LogP) is 4.58. The van der Waals surface area contributed by atoms with Crippen LogP contribution in [0.5, 0.6) is 0 Å². The molecule has 0 radical (unpaired) electrons. The van der Waals surface area contributed by atoms with Gasteiger partial charge >= 0.3 is 0 Å². The largest absolute Gasteiger partial charge is 0.219 e.